The molecule has 3 nitrogen and oxygen atoms in total. The van der Waals surface area contributed by atoms with Crippen LogP contribution in [0.1, 0.15) is 24.6 Å². The minimum atomic E-state index is -0.00435. The van der Waals surface area contributed by atoms with E-state index in [1.807, 2.05) is 12.1 Å². The fraction of sp³-hybridized carbons (Fsp3) is 0.600. The summed E-state index contributed by atoms with van der Waals surface area (Å²) < 4.78 is 10.6. The summed E-state index contributed by atoms with van der Waals surface area (Å²) >= 11 is 0. The molecule has 0 radical (unpaired) electrons. The van der Waals surface area contributed by atoms with Gasteiger partial charge >= 0.3 is 0 Å². The summed E-state index contributed by atoms with van der Waals surface area (Å²) in [6.07, 6.45) is 3.92. The smallest absolute Gasteiger partial charge is 0.120 e. The molecule has 13 heavy (non-hydrogen) atoms. The minimum Gasteiger partial charge on any atom is -0.468 e. The number of nitrogens with two attached hydrogens (primary N) is 1. The summed E-state index contributed by atoms with van der Waals surface area (Å²) in [5.74, 6) is 1.29. The first-order valence-corrected chi connectivity index (χ1v) is 4.74. The summed E-state index contributed by atoms with van der Waals surface area (Å²) in [6, 6.07) is 3.80. The maximum Gasteiger partial charge on any atom is 0.120 e. The van der Waals surface area contributed by atoms with Crippen molar-refractivity contribution in [3.63, 3.8) is 0 Å². The van der Waals surface area contributed by atoms with Crippen LogP contribution in [0.15, 0.2) is 22.8 Å². The first kappa shape index (κ1) is 8.78. The monoisotopic (exact) mass is 181 g/mol. The van der Waals surface area contributed by atoms with Gasteiger partial charge in [0.05, 0.1) is 18.9 Å². The van der Waals surface area contributed by atoms with Crippen LogP contribution in [0.4, 0.5) is 0 Å². The molecular formula is C10H15NO2. The van der Waals surface area contributed by atoms with E-state index in [0.717, 1.165) is 31.8 Å². The molecule has 2 atom stereocenters. The quantitative estimate of drug-likeness (QED) is 0.755. The van der Waals surface area contributed by atoms with Gasteiger partial charge in [-0.05, 0) is 25.0 Å². The Kier molecular flexibility index (Phi) is 2.66. The number of furan rings is 1. The van der Waals surface area contributed by atoms with Crippen molar-refractivity contribution in [2.45, 2.75) is 18.9 Å². The molecule has 0 aromatic carbocycles. The van der Waals surface area contributed by atoms with E-state index in [0.29, 0.717) is 5.92 Å². The van der Waals surface area contributed by atoms with E-state index in [9.17, 15) is 0 Å². The summed E-state index contributed by atoms with van der Waals surface area (Å²) in [5.41, 5.74) is 6.04. The first-order chi connectivity index (χ1) is 6.38. The van der Waals surface area contributed by atoms with Crippen molar-refractivity contribution in [3.8, 4) is 0 Å². The molecule has 2 rings (SSSR count). The number of rotatable bonds is 2. The predicted octanol–water partition coefficient (Wildman–Crippen LogP) is 1.71. The van der Waals surface area contributed by atoms with Crippen molar-refractivity contribution in [3.05, 3.63) is 24.2 Å². The molecule has 2 heterocycles. The van der Waals surface area contributed by atoms with E-state index in [1.165, 1.54) is 0 Å². The van der Waals surface area contributed by atoms with Crippen LogP contribution < -0.4 is 5.73 Å². The van der Waals surface area contributed by atoms with Gasteiger partial charge in [0.15, 0.2) is 0 Å². The Morgan fingerprint density at radius 3 is 3.08 bits per heavy atom. The van der Waals surface area contributed by atoms with Crippen molar-refractivity contribution in [2.24, 2.45) is 11.7 Å². The minimum absolute atomic E-state index is 0.00435. The van der Waals surface area contributed by atoms with E-state index < -0.39 is 0 Å². The van der Waals surface area contributed by atoms with E-state index in [4.69, 9.17) is 14.9 Å². The first-order valence-electron chi connectivity index (χ1n) is 4.74. The molecule has 1 aromatic rings. The van der Waals surface area contributed by atoms with Crippen molar-refractivity contribution >= 4 is 0 Å². The fourth-order valence-electron chi connectivity index (χ4n) is 1.76. The van der Waals surface area contributed by atoms with E-state index in [1.54, 1.807) is 6.26 Å². The molecule has 2 N–H and O–H groups in total. The molecular weight excluding hydrogens is 166 g/mol. The zero-order valence-corrected chi connectivity index (χ0v) is 7.61. The van der Waals surface area contributed by atoms with Gasteiger partial charge < -0.3 is 14.9 Å². The predicted molar refractivity (Wildman–Crippen MR) is 49.2 cm³/mol. The summed E-state index contributed by atoms with van der Waals surface area (Å²) in [6.45, 7) is 1.64. The Bertz CT molecular complexity index is 239. The van der Waals surface area contributed by atoms with Gasteiger partial charge in [-0.1, -0.05) is 0 Å². The highest BCUT2D eigenvalue weighted by atomic mass is 16.5. The summed E-state index contributed by atoms with van der Waals surface area (Å²) in [7, 11) is 0. The number of ether oxygens (including phenoxy) is 1. The van der Waals surface area contributed by atoms with Crippen LogP contribution in [0.5, 0.6) is 0 Å². The van der Waals surface area contributed by atoms with Gasteiger partial charge in [0.25, 0.3) is 0 Å². The Balaban J connectivity index is 1.99. The van der Waals surface area contributed by atoms with Crippen molar-refractivity contribution in [1.29, 1.82) is 0 Å². The van der Waals surface area contributed by atoms with Gasteiger partial charge in [0.2, 0.25) is 0 Å². The second-order valence-corrected chi connectivity index (χ2v) is 3.52. The molecule has 72 valence electrons. The number of hydrogen-bond acceptors (Lipinski definition) is 3. The average Bonchev–Trinajstić information content (AvgIpc) is 2.71. The normalized spacial score (nSPS) is 25.8. The largest absolute Gasteiger partial charge is 0.468 e. The maximum atomic E-state index is 6.04. The second-order valence-electron chi connectivity index (χ2n) is 3.52. The molecule has 1 saturated heterocycles. The average molecular weight is 181 g/mol. The lowest BCUT2D eigenvalue weighted by atomic mass is 9.93. The molecule has 1 aromatic heterocycles. The molecule has 1 aliphatic heterocycles. The second kappa shape index (κ2) is 3.94. The number of hydrogen-bond donors (Lipinski definition) is 1. The Morgan fingerprint density at radius 2 is 2.46 bits per heavy atom. The molecule has 1 fully saturated rings. The van der Waals surface area contributed by atoms with Gasteiger partial charge in [-0.25, -0.2) is 0 Å². The topological polar surface area (TPSA) is 48.4 Å². The van der Waals surface area contributed by atoms with Gasteiger partial charge in [0.1, 0.15) is 5.76 Å². The molecule has 2 unspecified atom stereocenters. The van der Waals surface area contributed by atoms with E-state index in [-0.39, 0.29) is 6.04 Å². The van der Waals surface area contributed by atoms with Gasteiger partial charge in [-0.3, -0.25) is 0 Å². The molecule has 0 aliphatic carbocycles. The van der Waals surface area contributed by atoms with Crippen molar-refractivity contribution in [1.82, 2.24) is 0 Å². The van der Waals surface area contributed by atoms with Crippen LogP contribution >= 0.6 is 0 Å². The van der Waals surface area contributed by atoms with Crippen molar-refractivity contribution < 1.29 is 9.15 Å². The third kappa shape index (κ3) is 1.92. The van der Waals surface area contributed by atoms with E-state index >= 15 is 0 Å². The highest BCUT2D eigenvalue weighted by Gasteiger charge is 2.23. The highest BCUT2D eigenvalue weighted by molar-refractivity contribution is 5.05. The third-order valence-electron chi connectivity index (χ3n) is 2.58. The van der Waals surface area contributed by atoms with Crippen LogP contribution in [-0.4, -0.2) is 13.2 Å². The SMILES string of the molecule is NC(c1ccco1)C1CCCOC1. The zero-order valence-electron chi connectivity index (χ0n) is 7.61. The zero-order chi connectivity index (χ0) is 9.10. The molecule has 1 aliphatic rings. The molecule has 0 spiro atoms. The Hall–Kier alpha value is -0.800. The molecule has 3 heteroatoms. The lowest BCUT2D eigenvalue weighted by Crippen LogP contribution is -2.28. The van der Waals surface area contributed by atoms with Crippen LogP contribution in [0, 0.1) is 5.92 Å². The highest BCUT2D eigenvalue weighted by Crippen LogP contribution is 2.26. The van der Waals surface area contributed by atoms with Crippen LogP contribution in [0.25, 0.3) is 0 Å². The third-order valence-corrected chi connectivity index (χ3v) is 2.58. The van der Waals surface area contributed by atoms with Gasteiger partial charge in [-0.2, -0.15) is 0 Å². The van der Waals surface area contributed by atoms with Crippen LogP contribution in [0.3, 0.4) is 0 Å². The summed E-state index contributed by atoms with van der Waals surface area (Å²) in [4.78, 5) is 0. The van der Waals surface area contributed by atoms with E-state index in [2.05, 4.69) is 0 Å². The summed E-state index contributed by atoms with van der Waals surface area (Å²) in [5, 5.41) is 0. The fourth-order valence-corrected chi connectivity index (χ4v) is 1.76. The van der Waals surface area contributed by atoms with Crippen molar-refractivity contribution in [2.75, 3.05) is 13.2 Å². The molecule has 0 saturated carbocycles. The Morgan fingerprint density at radius 1 is 1.54 bits per heavy atom. The maximum absolute atomic E-state index is 6.04. The lowest BCUT2D eigenvalue weighted by Gasteiger charge is -2.26. The standard InChI is InChI=1S/C10H15NO2/c11-10(9-4-2-6-13-9)8-3-1-5-12-7-8/h2,4,6,8,10H,1,3,5,7,11H2. The Labute approximate surface area is 77.9 Å². The van der Waals surface area contributed by atoms with Gasteiger partial charge in [0, 0.05) is 12.5 Å². The molecule has 0 bridgehead atoms. The van der Waals surface area contributed by atoms with Crippen LogP contribution in [0.2, 0.25) is 0 Å². The van der Waals surface area contributed by atoms with Crippen LogP contribution in [-0.2, 0) is 4.74 Å². The molecule has 0 amide bonds. The van der Waals surface area contributed by atoms with Gasteiger partial charge in [-0.15, -0.1) is 0 Å². The lowest BCUT2D eigenvalue weighted by molar-refractivity contribution is 0.0419.